The zero-order valence-corrected chi connectivity index (χ0v) is 42.7. The lowest BCUT2D eigenvalue weighted by atomic mass is 10.1. The van der Waals surface area contributed by atoms with E-state index in [0.717, 1.165) is 84.0 Å². The van der Waals surface area contributed by atoms with Crippen molar-refractivity contribution in [2.45, 2.75) is 278 Å². The molecule has 2 N–H and O–H groups in total. The van der Waals surface area contributed by atoms with Gasteiger partial charge in [-0.2, -0.15) is 0 Å². The number of carbonyl (C=O) groups excluding carboxylic acids is 1. The van der Waals surface area contributed by atoms with Crippen LogP contribution in [0.4, 0.5) is 0 Å². The molecule has 0 aromatic heterocycles. The molecule has 368 valence electrons. The summed E-state index contributed by atoms with van der Waals surface area (Å²) < 4.78 is 11.6. The SMILES string of the molecule is CCCCC/C=C\C/C=C\CCCCCCCCN(CCCCCCCCCC(=O)ON(CCCCCCCCCCCC)CCCCCCCCCCCC)CCP(=O)(O)O. The maximum atomic E-state index is 12.9. The van der Waals surface area contributed by atoms with Gasteiger partial charge in [0.05, 0.1) is 6.16 Å². The van der Waals surface area contributed by atoms with E-state index in [1.165, 1.54) is 193 Å². The molecule has 0 rings (SSSR count). The van der Waals surface area contributed by atoms with Gasteiger partial charge in [0.15, 0.2) is 0 Å². The van der Waals surface area contributed by atoms with E-state index in [9.17, 15) is 19.1 Å². The minimum atomic E-state index is -3.99. The van der Waals surface area contributed by atoms with Crippen molar-refractivity contribution in [1.29, 1.82) is 0 Å². The van der Waals surface area contributed by atoms with Crippen molar-refractivity contribution in [3.8, 4) is 0 Å². The quantitative estimate of drug-likeness (QED) is 0.0272. The molecule has 7 nitrogen and oxygen atoms in total. The highest BCUT2D eigenvalue weighted by atomic mass is 31.2. The Kier molecular flexibility index (Phi) is 48.7. The summed E-state index contributed by atoms with van der Waals surface area (Å²) in [5.74, 6) is -0.0561. The second-order valence-electron chi connectivity index (χ2n) is 18.8. The Bertz CT molecular complexity index is 993. The number of carbonyl (C=O) groups is 1. The second-order valence-corrected chi connectivity index (χ2v) is 20.6. The van der Waals surface area contributed by atoms with E-state index in [1.54, 1.807) is 0 Å². The maximum absolute atomic E-state index is 12.9. The van der Waals surface area contributed by atoms with Crippen LogP contribution in [0.2, 0.25) is 0 Å². The van der Waals surface area contributed by atoms with Gasteiger partial charge in [0.2, 0.25) is 0 Å². The van der Waals surface area contributed by atoms with Crippen LogP contribution in [-0.4, -0.2) is 64.6 Å². The molecule has 0 aliphatic heterocycles. The number of hydrogen-bond acceptors (Lipinski definition) is 5. The molecule has 8 heteroatoms. The lowest BCUT2D eigenvalue weighted by molar-refractivity contribution is -0.191. The molecule has 0 aliphatic rings. The summed E-state index contributed by atoms with van der Waals surface area (Å²) in [5, 5.41) is 2.00. The Balaban J connectivity index is 4.25. The summed E-state index contributed by atoms with van der Waals surface area (Å²) in [6.07, 6.45) is 58.4. The van der Waals surface area contributed by atoms with E-state index in [1.807, 2.05) is 5.06 Å². The Hall–Kier alpha value is -0.980. The Labute approximate surface area is 387 Å². The lowest BCUT2D eigenvalue weighted by Gasteiger charge is -2.22. The van der Waals surface area contributed by atoms with Crippen LogP contribution in [0.15, 0.2) is 24.3 Å². The van der Waals surface area contributed by atoms with Crippen molar-refractivity contribution in [3.05, 3.63) is 24.3 Å². The van der Waals surface area contributed by atoms with Gasteiger partial charge >= 0.3 is 13.6 Å². The van der Waals surface area contributed by atoms with Gasteiger partial charge in [0, 0.05) is 26.1 Å². The van der Waals surface area contributed by atoms with Crippen LogP contribution in [0, 0.1) is 0 Å². The molecule has 62 heavy (non-hydrogen) atoms. The first-order valence-corrected chi connectivity index (χ1v) is 29.1. The fourth-order valence-corrected chi connectivity index (χ4v) is 8.91. The molecule has 0 aromatic carbocycles. The van der Waals surface area contributed by atoms with Crippen molar-refractivity contribution in [1.82, 2.24) is 9.96 Å². The van der Waals surface area contributed by atoms with E-state index < -0.39 is 7.60 Å². The van der Waals surface area contributed by atoms with Gasteiger partial charge in [-0.15, -0.1) is 5.06 Å². The molecule has 0 aliphatic carbocycles. The maximum Gasteiger partial charge on any atom is 0.326 e. The highest BCUT2D eigenvalue weighted by Crippen LogP contribution is 2.33. The van der Waals surface area contributed by atoms with Crippen LogP contribution in [0.3, 0.4) is 0 Å². The topological polar surface area (TPSA) is 90.3 Å². The fourth-order valence-electron chi connectivity index (χ4n) is 8.36. The van der Waals surface area contributed by atoms with Gasteiger partial charge in [0.1, 0.15) is 0 Å². The third-order valence-corrected chi connectivity index (χ3v) is 13.3. The van der Waals surface area contributed by atoms with Crippen LogP contribution in [-0.2, 0) is 14.2 Å². The summed E-state index contributed by atoms with van der Waals surface area (Å²) in [7, 11) is -3.99. The van der Waals surface area contributed by atoms with Crippen molar-refractivity contribution in [2.24, 2.45) is 0 Å². The minimum Gasteiger partial charge on any atom is -0.368 e. The highest BCUT2D eigenvalue weighted by Gasteiger charge is 2.16. The van der Waals surface area contributed by atoms with Gasteiger partial charge in [-0.1, -0.05) is 231 Å². The van der Waals surface area contributed by atoms with Crippen LogP contribution >= 0.6 is 7.60 Å². The monoisotopic (exact) mass is 895 g/mol. The Morgan fingerprint density at radius 1 is 0.419 bits per heavy atom. The first kappa shape index (κ1) is 61.0. The zero-order valence-electron chi connectivity index (χ0n) is 41.8. The summed E-state index contributed by atoms with van der Waals surface area (Å²) >= 11 is 0. The molecule has 0 heterocycles. The van der Waals surface area contributed by atoms with Gasteiger partial charge in [-0.25, -0.2) is 0 Å². The minimum absolute atomic E-state index is 0.0476. The first-order chi connectivity index (χ1) is 30.3. The molecule has 0 amide bonds. The molecular weight excluding hydrogens is 788 g/mol. The zero-order chi connectivity index (χ0) is 45.3. The Morgan fingerprint density at radius 3 is 1.15 bits per heavy atom. The predicted molar refractivity (Wildman–Crippen MR) is 271 cm³/mol. The van der Waals surface area contributed by atoms with E-state index in [0.29, 0.717) is 13.0 Å². The van der Waals surface area contributed by atoms with Gasteiger partial charge in [-0.05, 0) is 77.3 Å². The molecular formula is C54H107N2O5P. The standard InChI is InChI=1S/C54H107N2O5P/c1-4-7-10-13-16-19-22-23-24-25-26-27-28-33-38-43-48-55(52-53-62(58,59)60)49-44-39-34-31-32-37-42-47-54(57)61-56(50-45-40-35-29-20-17-14-11-8-5-2)51-46-41-36-30-21-18-15-12-9-6-3/h16,19,23-24H,4-15,17-18,20-22,25-53H2,1-3H3,(H2,58,59,60)/b19-16-,24-23-. The highest BCUT2D eigenvalue weighted by molar-refractivity contribution is 7.51. The smallest absolute Gasteiger partial charge is 0.326 e. The van der Waals surface area contributed by atoms with Crippen molar-refractivity contribution < 1.29 is 24.0 Å². The van der Waals surface area contributed by atoms with Crippen molar-refractivity contribution in [3.63, 3.8) is 0 Å². The number of allylic oxidation sites excluding steroid dienone is 4. The number of hydrogen-bond donors (Lipinski definition) is 2. The van der Waals surface area contributed by atoms with Crippen molar-refractivity contribution >= 4 is 13.6 Å². The molecule has 0 radical (unpaired) electrons. The lowest BCUT2D eigenvalue weighted by Crippen LogP contribution is -2.29. The molecule has 0 spiro atoms. The molecule has 0 unspecified atom stereocenters. The van der Waals surface area contributed by atoms with E-state index in [-0.39, 0.29) is 12.1 Å². The summed E-state index contributed by atoms with van der Waals surface area (Å²) in [6.45, 7) is 10.9. The van der Waals surface area contributed by atoms with Crippen LogP contribution in [0.5, 0.6) is 0 Å². The van der Waals surface area contributed by atoms with Crippen molar-refractivity contribution in [2.75, 3.05) is 38.9 Å². The number of unbranched alkanes of at least 4 members (excludes halogenated alkanes) is 33. The average Bonchev–Trinajstić information content (AvgIpc) is 3.25. The summed E-state index contributed by atoms with van der Waals surface area (Å²) in [6, 6.07) is 0. The molecule has 0 saturated heterocycles. The third-order valence-electron chi connectivity index (χ3n) is 12.5. The normalized spacial score (nSPS) is 12.3. The number of hydroxylamine groups is 2. The summed E-state index contributed by atoms with van der Waals surface area (Å²) in [4.78, 5) is 40.1. The van der Waals surface area contributed by atoms with E-state index in [4.69, 9.17) is 4.84 Å². The Morgan fingerprint density at radius 2 is 0.742 bits per heavy atom. The second kappa shape index (κ2) is 49.5. The van der Waals surface area contributed by atoms with Crippen LogP contribution < -0.4 is 0 Å². The van der Waals surface area contributed by atoms with E-state index in [2.05, 4.69) is 50.0 Å². The largest absolute Gasteiger partial charge is 0.368 e. The fraction of sp³-hybridized carbons (Fsp3) is 0.907. The summed E-state index contributed by atoms with van der Waals surface area (Å²) in [5.41, 5.74) is 0. The number of nitrogens with zero attached hydrogens (tertiary/aromatic N) is 2. The predicted octanol–water partition coefficient (Wildman–Crippen LogP) is 17.0. The molecule has 0 aromatic rings. The third kappa shape index (κ3) is 50.0. The average molecular weight is 895 g/mol. The molecule has 0 fully saturated rings. The first-order valence-electron chi connectivity index (χ1n) is 27.3. The molecule has 0 atom stereocenters. The van der Waals surface area contributed by atoms with E-state index >= 15 is 0 Å². The molecule has 0 bridgehead atoms. The van der Waals surface area contributed by atoms with Gasteiger partial charge in [0.25, 0.3) is 0 Å². The molecule has 0 saturated carbocycles. The van der Waals surface area contributed by atoms with Crippen LogP contribution in [0.1, 0.15) is 278 Å². The number of rotatable bonds is 51. The van der Waals surface area contributed by atoms with Gasteiger partial charge in [-0.3, -0.25) is 9.36 Å². The van der Waals surface area contributed by atoms with Crippen LogP contribution in [0.25, 0.3) is 0 Å². The van der Waals surface area contributed by atoms with Gasteiger partial charge < -0.3 is 19.5 Å².